The number of hydrogen-bond acceptors (Lipinski definition) is 5. The number of rotatable bonds is 4. The Morgan fingerprint density at radius 1 is 1.11 bits per heavy atom. The summed E-state index contributed by atoms with van der Waals surface area (Å²) in [4.78, 5) is 26.5. The Kier molecular flexibility index (Phi) is 4.58. The molecule has 27 heavy (non-hydrogen) atoms. The first kappa shape index (κ1) is 17.2. The monoisotopic (exact) mass is 368 g/mol. The molecule has 4 rings (SSSR count). The number of benzene rings is 2. The van der Waals surface area contributed by atoms with Gasteiger partial charge in [0.2, 0.25) is 5.91 Å². The summed E-state index contributed by atoms with van der Waals surface area (Å²) in [5, 5.41) is 2.93. The normalized spacial score (nSPS) is 18.3. The van der Waals surface area contributed by atoms with Gasteiger partial charge in [-0.05, 0) is 36.4 Å². The Labute approximate surface area is 156 Å². The van der Waals surface area contributed by atoms with Crippen LogP contribution in [0.1, 0.15) is 16.8 Å². The van der Waals surface area contributed by atoms with Crippen LogP contribution in [0.25, 0.3) is 0 Å². The molecule has 2 amide bonds. The van der Waals surface area contributed by atoms with E-state index in [-0.39, 0.29) is 24.3 Å². The highest BCUT2D eigenvalue weighted by molar-refractivity contribution is 5.99. The smallest absolute Gasteiger partial charge is 0.251 e. The molecule has 0 unspecified atom stereocenters. The van der Waals surface area contributed by atoms with E-state index in [9.17, 15) is 9.59 Å². The molecule has 2 aliphatic heterocycles. The predicted octanol–water partition coefficient (Wildman–Crippen LogP) is 2.00. The Morgan fingerprint density at radius 2 is 1.85 bits per heavy atom. The second-order valence-corrected chi connectivity index (χ2v) is 6.44. The van der Waals surface area contributed by atoms with Crippen molar-refractivity contribution in [2.45, 2.75) is 12.5 Å². The Hall–Kier alpha value is -3.22. The zero-order valence-corrected chi connectivity index (χ0v) is 14.9. The highest BCUT2D eigenvalue weighted by atomic mass is 16.6. The SMILES string of the molecule is COc1ccc(C(=O)N[C@H]2CC(=O)N(c3ccc4c(c3)OCCO4)C2)cc1. The van der Waals surface area contributed by atoms with Crippen LogP contribution in [0.3, 0.4) is 0 Å². The van der Waals surface area contributed by atoms with Crippen molar-refractivity contribution in [3.8, 4) is 17.2 Å². The summed E-state index contributed by atoms with van der Waals surface area (Å²) in [7, 11) is 1.58. The molecule has 0 aromatic heterocycles. The fraction of sp³-hybridized carbons (Fsp3) is 0.300. The molecule has 1 fully saturated rings. The molecule has 0 radical (unpaired) electrons. The second-order valence-electron chi connectivity index (χ2n) is 6.44. The van der Waals surface area contributed by atoms with Crippen molar-refractivity contribution in [3.63, 3.8) is 0 Å². The van der Waals surface area contributed by atoms with Gasteiger partial charge in [0.25, 0.3) is 5.91 Å². The van der Waals surface area contributed by atoms with Crippen LogP contribution in [0.2, 0.25) is 0 Å². The van der Waals surface area contributed by atoms with Crippen molar-refractivity contribution in [1.82, 2.24) is 5.32 Å². The number of nitrogens with one attached hydrogen (secondary N) is 1. The number of carbonyl (C=O) groups is 2. The van der Waals surface area contributed by atoms with Crippen molar-refractivity contribution < 1.29 is 23.8 Å². The van der Waals surface area contributed by atoms with Gasteiger partial charge in [0, 0.05) is 30.3 Å². The highest BCUT2D eigenvalue weighted by Crippen LogP contribution is 2.35. The summed E-state index contributed by atoms with van der Waals surface area (Å²) < 4.78 is 16.2. The maximum absolute atomic E-state index is 12.4. The average Bonchev–Trinajstić information content (AvgIpc) is 3.07. The average molecular weight is 368 g/mol. The van der Waals surface area contributed by atoms with Crippen molar-refractivity contribution in [2.75, 3.05) is 31.8 Å². The van der Waals surface area contributed by atoms with Gasteiger partial charge in [-0.25, -0.2) is 0 Å². The number of ether oxygens (including phenoxy) is 3. The lowest BCUT2D eigenvalue weighted by Gasteiger charge is -2.22. The van der Waals surface area contributed by atoms with Gasteiger partial charge in [-0.1, -0.05) is 0 Å². The second kappa shape index (κ2) is 7.19. The van der Waals surface area contributed by atoms with Gasteiger partial charge >= 0.3 is 0 Å². The van der Waals surface area contributed by atoms with E-state index in [1.54, 1.807) is 48.4 Å². The van der Waals surface area contributed by atoms with E-state index < -0.39 is 0 Å². The van der Waals surface area contributed by atoms with E-state index in [0.717, 1.165) is 5.69 Å². The largest absolute Gasteiger partial charge is 0.497 e. The van der Waals surface area contributed by atoms with Gasteiger partial charge in [-0.2, -0.15) is 0 Å². The highest BCUT2D eigenvalue weighted by Gasteiger charge is 2.32. The number of methoxy groups -OCH3 is 1. The molecular formula is C20H20N2O5. The van der Waals surface area contributed by atoms with Crippen LogP contribution in [-0.4, -0.2) is 44.7 Å². The molecule has 2 aliphatic rings. The fourth-order valence-corrected chi connectivity index (χ4v) is 3.26. The third kappa shape index (κ3) is 3.53. The summed E-state index contributed by atoms with van der Waals surface area (Å²) in [5.41, 5.74) is 1.27. The predicted molar refractivity (Wildman–Crippen MR) is 98.7 cm³/mol. The summed E-state index contributed by atoms with van der Waals surface area (Å²) in [6.45, 7) is 1.43. The van der Waals surface area contributed by atoms with E-state index in [1.165, 1.54) is 0 Å². The minimum Gasteiger partial charge on any atom is -0.497 e. The van der Waals surface area contributed by atoms with Crippen LogP contribution >= 0.6 is 0 Å². The van der Waals surface area contributed by atoms with Crippen LogP contribution in [0.4, 0.5) is 5.69 Å². The van der Waals surface area contributed by atoms with Crippen molar-refractivity contribution in [1.29, 1.82) is 0 Å². The van der Waals surface area contributed by atoms with Gasteiger partial charge in [0.1, 0.15) is 19.0 Å². The Balaban J connectivity index is 1.43. The first-order chi connectivity index (χ1) is 13.1. The van der Waals surface area contributed by atoms with Crippen molar-refractivity contribution >= 4 is 17.5 Å². The van der Waals surface area contributed by atoms with Gasteiger partial charge in [-0.15, -0.1) is 0 Å². The summed E-state index contributed by atoms with van der Waals surface area (Å²) in [6.07, 6.45) is 0.260. The van der Waals surface area contributed by atoms with Gasteiger partial charge in [-0.3, -0.25) is 9.59 Å². The number of hydrogen-bond donors (Lipinski definition) is 1. The van der Waals surface area contributed by atoms with Gasteiger partial charge < -0.3 is 24.4 Å². The third-order valence-electron chi connectivity index (χ3n) is 4.65. The number of fused-ring (bicyclic) bond motifs is 1. The molecular weight excluding hydrogens is 348 g/mol. The molecule has 1 N–H and O–H groups in total. The topological polar surface area (TPSA) is 77.1 Å². The van der Waals surface area contributed by atoms with E-state index >= 15 is 0 Å². The molecule has 0 saturated carbocycles. The number of nitrogens with zero attached hydrogens (tertiary/aromatic N) is 1. The van der Waals surface area contributed by atoms with Crippen LogP contribution in [0.5, 0.6) is 17.2 Å². The molecule has 2 heterocycles. The fourth-order valence-electron chi connectivity index (χ4n) is 3.26. The standard InChI is InChI=1S/C20H20N2O5/c1-25-16-5-2-13(3-6-16)20(24)21-14-10-19(23)22(12-14)15-4-7-17-18(11-15)27-9-8-26-17/h2-7,11,14H,8-10,12H2,1H3,(H,21,24)/t14-/m0/s1. The zero-order valence-electron chi connectivity index (χ0n) is 14.9. The number of amides is 2. The Morgan fingerprint density at radius 3 is 2.59 bits per heavy atom. The van der Waals surface area contributed by atoms with Gasteiger partial charge in [0.15, 0.2) is 11.5 Å². The van der Waals surface area contributed by atoms with Crippen molar-refractivity contribution in [3.05, 3.63) is 48.0 Å². The number of anilines is 1. The molecule has 0 spiro atoms. The summed E-state index contributed by atoms with van der Waals surface area (Å²) in [5.74, 6) is 1.76. The van der Waals surface area contributed by atoms with Crippen molar-refractivity contribution in [2.24, 2.45) is 0 Å². The lowest BCUT2D eigenvalue weighted by Crippen LogP contribution is -2.37. The van der Waals surface area contributed by atoms with E-state index in [4.69, 9.17) is 14.2 Å². The minimum atomic E-state index is -0.250. The molecule has 1 atom stereocenters. The van der Waals surface area contributed by atoms with Gasteiger partial charge in [0.05, 0.1) is 13.2 Å². The Bertz CT molecular complexity index is 865. The molecule has 1 saturated heterocycles. The molecule has 7 nitrogen and oxygen atoms in total. The molecule has 0 bridgehead atoms. The first-order valence-corrected chi connectivity index (χ1v) is 8.79. The lowest BCUT2D eigenvalue weighted by molar-refractivity contribution is -0.117. The summed E-state index contributed by atoms with van der Waals surface area (Å²) >= 11 is 0. The quantitative estimate of drug-likeness (QED) is 0.893. The third-order valence-corrected chi connectivity index (χ3v) is 4.65. The molecule has 2 aromatic rings. The maximum Gasteiger partial charge on any atom is 0.251 e. The van der Waals surface area contributed by atoms with Crippen LogP contribution in [0, 0.1) is 0 Å². The molecule has 2 aromatic carbocycles. The maximum atomic E-state index is 12.4. The molecule has 7 heteroatoms. The summed E-state index contributed by atoms with van der Waals surface area (Å²) in [6, 6.07) is 12.1. The van der Waals surface area contributed by atoms with Crippen LogP contribution < -0.4 is 24.4 Å². The lowest BCUT2D eigenvalue weighted by atomic mass is 10.2. The minimum absolute atomic E-state index is 0.0355. The van der Waals surface area contributed by atoms with Crippen LogP contribution in [-0.2, 0) is 4.79 Å². The first-order valence-electron chi connectivity index (χ1n) is 8.79. The van der Waals surface area contributed by atoms with E-state index in [1.807, 2.05) is 6.07 Å². The van der Waals surface area contributed by atoms with Crippen LogP contribution in [0.15, 0.2) is 42.5 Å². The number of carbonyl (C=O) groups excluding carboxylic acids is 2. The molecule has 0 aliphatic carbocycles. The zero-order chi connectivity index (χ0) is 18.8. The molecule has 140 valence electrons. The van der Waals surface area contributed by atoms with E-state index in [0.29, 0.717) is 42.6 Å². The van der Waals surface area contributed by atoms with E-state index in [2.05, 4.69) is 5.32 Å².